The van der Waals surface area contributed by atoms with E-state index in [4.69, 9.17) is 9.84 Å². The van der Waals surface area contributed by atoms with E-state index in [9.17, 15) is 9.90 Å². The van der Waals surface area contributed by atoms with Crippen LogP contribution in [-0.4, -0.2) is 32.8 Å². The number of carbonyl (C=O) groups is 1. The minimum Gasteiger partial charge on any atom is -0.546 e. The first-order valence-electron chi connectivity index (χ1n) is 4.69. The van der Waals surface area contributed by atoms with Gasteiger partial charge in [-0.05, 0) is 18.2 Å². The van der Waals surface area contributed by atoms with Gasteiger partial charge in [0.2, 0.25) is 0 Å². The fourth-order valence-electron chi connectivity index (χ4n) is 1.31. The van der Waals surface area contributed by atoms with Gasteiger partial charge in [-0.2, -0.15) is 5.10 Å². The molecule has 1 heterocycles. The molecule has 0 radical (unpaired) electrons. The molecule has 2 rings (SSSR count). The smallest absolute Gasteiger partial charge is 0.546 e. The van der Waals surface area contributed by atoms with Crippen molar-refractivity contribution < 1.29 is 71.1 Å². The number of ether oxygens (including phenoxy) is 1. The number of hydrogen-bond acceptors (Lipinski definition) is 6. The molecule has 1 unspecified atom stereocenters. The Bertz CT molecular complexity index is 560. The molecule has 18 heavy (non-hydrogen) atoms. The van der Waals surface area contributed by atoms with E-state index in [1.165, 1.54) is 4.09 Å². The van der Waals surface area contributed by atoms with Crippen LogP contribution in [0.2, 0.25) is 0 Å². The van der Waals surface area contributed by atoms with Crippen molar-refractivity contribution in [1.82, 2.24) is 9.19 Å². The zero-order chi connectivity index (χ0) is 12.4. The van der Waals surface area contributed by atoms with Crippen molar-refractivity contribution in [2.24, 2.45) is 0 Å². The molecular weight excluding hydrogens is 283 g/mol. The summed E-state index contributed by atoms with van der Waals surface area (Å²) in [7, 11) is 1.56. The summed E-state index contributed by atoms with van der Waals surface area (Å²) in [5, 5.41) is 24.4. The van der Waals surface area contributed by atoms with Crippen LogP contribution < -0.4 is 61.2 Å². The Morgan fingerprint density at radius 2 is 2.33 bits per heavy atom. The number of fused-ring (bicyclic) bond motifs is 1. The number of aromatic nitrogens is 2. The average molecular weight is 292 g/mol. The van der Waals surface area contributed by atoms with Crippen LogP contribution in [0.4, 0.5) is 0 Å². The summed E-state index contributed by atoms with van der Waals surface area (Å²) in [4.78, 5) is 10.4. The molecule has 0 saturated carbocycles. The second kappa shape index (κ2) is 6.90. The third kappa shape index (κ3) is 3.70. The normalized spacial score (nSPS) is 11.9. The molecule has 0 fully saturated rings. The fourth-order valence-corrected chi connectivity index (χ4v) is 1.91. The van der Waals surface area contributed by atoms with Crippen molar-refractivity contribution >= 4 is 28.8 Å². The predicted molar refractivity (Wildman–Crippen MR) is 60.3 cm³/mol. The van der Waals surface area contributed by atoms with Crippen molar-refractivity contribution in [2.45, 2.75) is 5.44 Å². The Balaban J connectivity index is 0.00000162. The van der Waals surface area contributed by atoms with Crippen LogP contribution in [0.15, 0.2) is 24.4 Å². The number of carboxylic acids is 1. The first-order valence-corrected chi connectivity index (χ1v) is 5.53. The molecule has 6 nitrogen and oxygen atoms in total. The van der Waals surface area contributed by atoms with Crippen LogP contribution in [0.5, 0.6) is 5.75 Å². The van der Waals surface area contributed by atoms with Crippen LogP contribution in [0.1, 0.15) is 0 Å². The van der Waals surface area contributed by atoms with Gasteiger partial charge in [0.15, 0.2) is 5.44 Å². The number of rotatable bonds is 4. The monoisotopic (exact) mass is 292 g/mol. The van der Waals surface area contributed by atoms with Crippen molar-refractivity contribution in [3.8, 4) is 5.75 Å². The summed E-state index contributed by atoms with van der Waals surface area (Å²) < 4.78 is 6.34. The molecule has 2 aromatic rings. The Labute approximate surface area is 150 Å². The van der Waals surface area contributed by atoms with Gasteiger partial charge >= 0.3 is 51.4 Å². The van der Waals surface area contributed by atoms with Crippen molar-refractivity contribution in [1.29, 1.82) is 0 Å². The molecule has 0 aliphatic rings. The second-order valence-corrected chi connectivity index (χ2v) is 4.26. The molecule has 90 valence electrons. The topological polar surface area (TPSA) is 87.4 Å². The van der Waals surface area contributed by atoms with Gasteiger partial charge in [-0.15, -0.1) is 0 Å². The van der Waals surface area contributed by atoms with Crippen molar-refractivity contribution in [3.05, 3.63) is 24.4 Å². The van der Waals surface area contributed by atoms with E-state index in [2.05, 4.69) is 5.10 Å². The van der Waals surface area contributed by atoms with E-state index < -0.39 is 11.4 Å². The third-order valence-electron chi connectivity index (χ3n) is 2.10. The molecule has 0 aliphatic carbocycles. The maximum absolute atomic E-state index is 10.4. The molecule has 1 atom stereocenters. The molecule has 1 aromatic heterocycles. The standard InChI is InChI=1S/C10H10N2O4S.K/c1-16-7-2-3-8-6(4-7)5-12(11-8)17-10(15)9(13)14;/h2-5,10,15H,1H3,(H,13,14);/q;+1/p-1. The number of aliphatic hydroxyl groups excluding tert-OH is 1. The maximum Gasteiger partial charge on any atom is 1.00 e. The van der Waals surface area contributed by atoms with E-state index >= 15 is 0 Å². The number of benzene rings is 1. The van der Waals surface area contributed by atoms with Gasteiger partial charge in [0.25, 0.3) is 0 Å². The number of aliphatic hydroxyl groups is 1. The summed E-state index contributed by atoms with van der Waals surface area (Å²) in [6.07, 6.45) is 1.61. The van der Waals surface area contributed by atoms with E-state index in [-0.39, 0.29) is 51.4 Å². The molecule has 8 heteroatoms. The van der Waals surface area contributed by atoms with E-state index in [1.54, 1.807) is 31.5 Å². The van der Waals surface area contributed by atoms with Crippen molar-refractivity contribution in [3.63, 3.8) is 0 Å². The van der Waals surface area contributed by atoms with Gasteiger partial charge in [-0.3, -0.25) is 0 Å². The summed E-state index contributed by atoms with van der Waals surface area (Å²) in [6, 6.07) is 5.26. The van der Waals surface area contributed by atoms with Gasteiger partial charge in [-0.25, -0.2) is 4.09 Å². The maximum atomic E-state index is 10.4. The quantitative estimate of drug-likeness (QED) is 0.467. The minimum atomic E-state index is -1.65. The van der Waals surface area contributed by atoms with Gasteiger partial charge in [0.1, 0.15) is 5.75 Å². The molecule has 0 saturated heterocycles. The third-order valence-corrected chi connectivity index (χ3v) is 2.90. The molecule has 0 amide bonds. The van der Waals surface area contributed by atoms with Gasteiger partial charge in [0, 0.05) is 23.5 Å². The zero-order valence-corrected chi connectivity index (χ0v) is 13.8. The average Bonchev–Trinajstić information content (AvgIpc) is 2.69. The zero-order valence-electron chi connectivity index (χ0n) is 9.86. The van der Waals surface area contributed by atoms with Crippen molar-refractivity contribution in [2.75, 3.05) is 7.11 Å². The van der Waals surface area contributed by atoms with Crippen LogP contribution in [0.3, 0.4) is 0 Å². The molecule has 0 bridgehead atoms. The Morgan fingerprint density at radius 1 is 1.61 bits per heavy atom. The Morgan fingerprint density at radius 3 is 2.94 bits per heavy atom. The first kappa shape index (κ1) is 16.0. The minimum absolute atomic E-state index is 0. The Kier molecular flexibility index (Phi) is 6.11. The molecule has 1 N–H and O–H groups in total. The summed E-state index contributed by atoms with van der Waals surface area (Å²) in [5.74, 6) is -0.866. The number of hydrogen-bond donors (Lipinski definition) is 1. The number of methoxy groups -OCH3 is 1. The number of aliphatic carboxylic acids is 1. The first-order chi connectivity index (χ1) is 8.10. The SMILES string of the molecule is COc1ccc2nn(SC(O)C(=O)[O-])cc2c1.[K+]. The number of carbonyl (C=O) groups excluding carboxylic acids is 1. The van der Waals surface area contributed by atoms with E-state index in [0.717, 1.165) is 5.39 Å². The van der Waals surface area contributed by atoms with Gasteiger partial charge in [0.05, 0.1) is 18.6 Å². The van der Waals surface area contributed by atoms with Gasteiger partial charge in [-0.1, -0.05) is 0 Å². The van der Waals surface area contributed by atoms with Crippen LogP contribution in [0.25, 0.3) is 10.9 Å². The summed E-state index contributed by atoms with van der Waals surface area (Å²) >= 11 is 0.649. The van der Waals surface area contributed by atoms with E-state index in [1.807, 2.05) is 0 Å². The van der Waals surface area contributed by atoms with Crippen LogP contribution >= 0.6 is 11.9 Å². The molecule has 0 aliphatic heterocycles. The predicted octanol–water partition coefficient (Wildman–Crippen LogP) is -3.39. The summed E-state index contributed by atoms with van der Waals surface area (Å²) in [5.41, 5.74) is -0.963. The van der Waals surface area contributed by atoms with Gasteiger partial charge < -0.3 is 19.7 Å². The number of nitrogens with zero attached hydrogens (tertiary/aromatic N) is 2. The van der Waals surface area contributed by atoms with Crippen LogP contribution in [0, 0.1) is 0 Å². The molecular formula is C10H9KN2O4S. The Hall–Kier alpha value is -0.0936. The fraction of sp³-hybridized carbons (Fsp3) is 0.200. The van der Waals surface area contributed by atoms with E-state index in [0.29, 0.717) is 23.2 Å². The second-order valence-electron chi connectivity index (χ2n) is 3.23. The van der Waals surface area contributed by atoms with Crippen LogP contribution in [-0.2, 0) is 4.79 Å². The largest absolute Gasteiger partial charge is 1.00 e. The molecule has 0 spiro atoms. The summed E-state index contributed by atoms with van der Waals surface area (Å²) in [6.45, 7) is 0. The molecule has 1 aromatic carbocycles. The number of carboxylic acid groups (broad SMARTS) is 1.